The number of para-hydroxylation sites is 1. The van der Waals surface area contributed by atoms with E-state index in [1.54, 1.807) is 31.3 Å². The third-order valence-electron chi connectivity index (χ3n) is 7.74. The maximum absolute atomic E-state index is 13.7. The number of ether oxygens (including phenoxy) is 2. The fourth-order valence-electron chi connectivity index (χ4n) is 5.37. The smallest absolute Gasteiger partial charge is 0.418 e. The Morgan fingerprint density at radius 3 is 2.50 bits per heavy atom. The molecule has 0 radical (unpaired) electrons. The molecule has 0 aliphatic carbocycles. The van der Waals surface area contributed by atoms with Crippen LogP contribution < -0.4 is 14.8 Å². The van der Waals surface area contributed by atoms with Crippen molar-refractivity contribution >= 4 is 22.8 Å². The first-order chi connectivity index (χ1) is 21.8. The zero-order valence-corrected chi connectivity index (χ0v) is 26.9. The summed E-state index contributed by atoms with van der Waals surface area (Å²) in [6.45, 7) is 9.87. The first-order valence-electron chi connectivity index (χ1n) is 15.5. The van der Waals surface area contributed by atoms with Gasteiger partial charge in [0.1, 0.15) is 11.3 Å². The zero-order valence-electron chi connectivity index (χ0n) is 26.9. The second-order valence-electron chi connectivity index (χ2n) is 11.9. The van der Waals surface area contributed by atoms with Crippen LogP contribution in [0.4, 0.5) is 18.0 Å². The number of rotatable bonds is 14. The van der Waals surface area contributed by atoms with E-state index in [1.807, 2.05) is 45.9 Å². The Morgan fingerprint density at radius 2 is 1.83 bits per heavy atom. The number of amides is 3. The monoisotopic (exact) mass is 638 g/mol. The molecule has 1 saturated heterocycles. The number of carbonyl (C=O) groups excluding carboxylic acids is 2. The minimum atomic E-state index is -4.54. The van der Waals surface area contributed by atoms with E-state index in [0.717, 1.165) is 24.5 Å². The molecule has 1 aliphatic rings. The molecular weight excluding hydrogens is 597 g/mol. The summed E-state index contributed by atoms with van der Waals surface area (Å²) in [7, 11) is 0. The van der Waals surface area contributed by atoms with Crippen LogP contribution in [0.15, 0.2) is 66.5 Å². The molecule has 3 aromatic rings. The number of unbranched alkanes of at least 4 members (excludes halogenated alkanes) is 3. The van der Waals surface area contributed by atoms with Crippen molar-refractivity contribution in [3.8, 4) is 11.6 Å². The van der Waals surface area contributed by atoms with E-state index in [0.29, 0.717) is 54.0 Å². The van der Waals surface area contributed by atoms with Gasteiger partial charge in [-0.15, -0.1) is 0 Å². The minimum Gasteiger partial charge on any atom is -0.493 e. The third kappa shape index (κ3) is 8.05. The van der Waals surface area contributed by atoms with Crippen molar-refractivity contribution in [3.05, 3.63) is 83.2 Å². The molecule has 0 spiro atoms. The molecule has 1 N–H and O–H groups in total. The number of pyridine rings is 2. The Morgan fingerprint density at radius 1 is 1.07 bits per heavy atom. The van der Waals surface area contributed by atoms with Crippen molar-refractivity contribution in [3.63, 3.8) is 0 Å². The summed E-state index contributed by atoms with van der Waals surface area (Å²) >= 11 is 0. The van der Waals surface area contributed by atoms with Gasteiger partial charge in [-0.3, -0.25) is 14.7 Å². The average molecular weight is 639 g/mol. The highest BCUT2D eigenvalue weighted by molar-refractivity contribution is 6.07. The molecule has 1 aromatic carbocycles. The number of alkyl halides is 3. The van der Waals surface area contributed by atoms with E-state index in [4.69, 9.17) is 9.47 Å². The Labute approximate surface area is 267 Å². The molecule has 8 nitrogen and oxygen atoms in total. The third-order valence-corrected chi connectivity index (χ3v) is 7.74. The molecule has 3 heterocycles. The predicted molar refractivity (Wildman–Crippen MR) is 171 cm³/mol. The number of carbonyl (C=O) groups is 2. The van der Waals surface area contributed by atoms with Crippen molar-refractivity contribution in [2.45, 2.75) is 84.5 Å². The predicted octanol–water partition coefficient (Wildman–Crippen LogP) is 7.91. The molecule has 0 bridgehead atoms. The van der Waals surface area contributed by atoms with Gasteiger partial charge in [-0.05, 0) is 72.1 Å². The number of fused-ring (bicyclic) bond motifs is 1. The molecule has 1 fully saturated rings. The second-order valence-corrected chi connectivity index (χ2v) is 11.9. The van der Waals surface area contributed by atoms with Crippen LogP contribution in [0.2, 0.25) is 0 Å². The van der Waals surface area contributed by atoms with Crippen molar-refractivity contribution in [2.24, 2.45) is 0 Å². The number of allylic oxidation sites excluding steroid dienone is 4. The highest BCUT2D eigenvalue weighted by Gasteiger charge is 2.48. The van der Waals surface area contributed by atoms with Crippen LogP contribution in [-0.4, -0.2) is 46.1 Å². The van der Waals surface area contributed by atoms with E-state index in [9.17, 15) is 22.8 Å². The van der Waals surface area contributed by atoms with E-state index >= 15 is 0 Å². The van der Waals surface area contributed by atoms with E-state index < -0.39 is 23.3 Å². The zero-order chi connectivity index (χ0) is 33.5. The largest absolute Gasteiger partial charge is 0.493 e. The van der Waals surface area contributed by atoms with Crippen LogP contribution in [0, 0.1) is 0 Å². The maximum atomic E-state index is 13.7. The maximum Gasteiger partial charge on any atom is 0.418 e. The molecule has 246 valence electrons. The SMILES string of the molecule is C/C=C\C=C(/C)Cc1cnc2c(C(F)(F)F)cccc2c1OCCCCCCN1C(=O)NC(C)(c2ccc(OC(C)C)nc2)C1=O. The van der Waals surface area contributed by atoms with Gasteiger partial charge >= 0.3 is 12.2 Å². The van der Waals surface area contributed by atoms with Crippen LogP contribution in [0.1, 0.15) is 77.0 Å². The number of nitrogens with one attached hydrogen (secondary N) is 1. The molecule has 1 unspecified atom stereocenters. The van der Waals surface area contributed by atoms with Crippen LogP contribution in [-0.2, 0) is 22.9 Å². The number of benzene rings is 1. The van der Waals surface area contributed by atoms with Crippen molar-refractivity contribution in [2.75, 3.05) is 13.2 Å². The summed E-state index contributed by atoms with van der Waals surface area (Å²) in [6.07, 6.45) is 7.39. The molecule has 46 heavy (non-hydrogen) atoms. The highest BCUT2D eigenvalue weighted by atomic mass is 19.4. The lowest BCUT2D eigenvalue weighted by molar-refractivity contribution is -0.136. The van der Waals surface area contributed by atoms with Crippen LogP contribution in [0.3, 0.4) is 0 Å². The van der Waals surface area contributed by atoms with Crippen molar-refractivity contribution in [1.29, 1.82) is 0 Å². The van der Waals surface area contributed by atoms with E-state index in [-0.39, 0.29) is 24.1 Å². The number of halogens is 3. The van der Waals surface area contributed by atoms with Gasteiger partial charge in [0.15, 0.2) is 0 Å². The first kappa shape index (κ1) is 34.5. The van der Waals surface area contributed by atoms with Gasteiger partial charge in [-0.1, -0.05) is 42.7 Å². The average Bonchev–Trinajstić information content (AvgIpc) is 3.22. The number of aromatic nitrogens is 2. The lowest BCUT2D eigenvalue weighted by Gasteiger charge is -2.22. The molecule has 3 amide bonds. The van der Waals surface area contributed by atoms with E-state index in [1.165, 1.54) is 17.2 Å². The van der Waals surface area contributed by atoms with Crippen LogP contribution in [0.25, 0.3) is 10.9 Å². The van der Waals surface area contributed by atoms with Crippen LogP contribution in [0.5, 0.6) is 11.6 Å². The number of nitrogens with zero attached hydrogens (tertiary/aromatic N) is 3. The molecular formula is C35H41F3N4O4. The number of hydrogen-bond donors (Lipinski definition) is 1. The standard InChI is InChI=1S/C35H41F3N4O4/c1-6-7-13-24(4)20-25-21-40-30-27(14-12-15-28(30)35(36,37)38)31(25)45-19-11-9-8-10-18-42-32(43)34(5,41-33(42)44)26-16-17-29(39-22-26)46-23(2)3/h6-7,12-17,21-23H,8-11,18-20H2,1-5H3,(H,41,44)/b7-6-,24-13+. The van der Waals surface area contributed by atoms with Crippen molar-refractivity contribution in [1.82, 2.24) is 20.2 Å². The minimum absolute atomic E-state index is 0.0387. The number of hydrogen-bond acceptors (Lipinski definition) is 6. The summed E-state index contributed by atoms with van der Waals surface area (Å²) in [4.78, 5) is 35.7. The summed E-state index contributed by atoms with van der Waals surface area (Å²) in [6, 6.07) is 6.97. The van der Waals surface area contributed by atoms with Gasteiger partial charge in [0, 0.05) is 41.5 Å². The molecule has 1 atom stereocenters. The summed E-state index contributed by atoms with van der Waals surface area (Å²) in [5.41, 5.74) is 0.142. The topological polar surface area (TPSA) is 93.7 Å². The Balaban J connectivity index is 1.34. The Bertz CT molecular complexity index is 1600. The fourth-order valence-corrected chi connectivity index (χ4v) is 5.37. The van der Waals surface area contributed by atoms with Gasteiger partial charge in [-0.2, -0.15) is 13.2 Å². The lowest BCUT2D eigenvalue weighted by Crippen LogP contribution is -2.41. The Hall–Kier alpha value is -4.41. The lowest BCUT2D eigenvalue weighted by atomic mass is 9.93. The quantitative estimate of drug-likeness (QED) is 0.110. The summed E-state index contributed by atoms with van der Waals surface area (Å²) in [5.74, 6) is 0.506. The molecule has 2 aromatic heterocycles. The fraction of sp³-hybridized carbons (Fsp3) is 0.429. The van der Waals surface area contributed by atoms with Gasteiger partial charge in [0.05, 0.1) is 23.8 Å². The van der Waals surface area contributed by atoms with E-state index in [2.05, 4.69) is 15.3 Å². The summed E-state index contributed by atoms with van der Waals surface area (Å²) in [5, 5.41) is 3.12. The van der Waals surface area contributed by atoms with Gasteiger partial charge < -0.3 is 14.8 Å². The number of urea groups is 1. The normalized spacial score (nSPS) is 17.4. The molecule has 4 rings (SSSR count). The van der Waals surface area contributed by atoms with Gasteiger partial charge in [-0.25, -0.2) is 9.78 Å². The van der Waals surface area contributed by atoms with Crippen LogP contribution >= 0.6 is 0 Å². The molecule has 1 aliphatic heterocycles. The molecule has 0 saturated carbocycles. The van der Waals surface area contributed by atoms with Crippen molar-refractivity contribution < 1.29 is 32.2 Å². The second kappa shape index (κ2) is 14.8. The van der Waals surface area contributed by atoms with Gasteiger partial charge in [0.25, 0.3) is 5.91 Å². The Kier molecular flexibility index (Phi) is 11.1. The highest BCUT2D eigenvalue weighted by Crippen LogP contribution is 2.38. The van der Waals surface area contributed by atoms with Gasteiger partial charge in [0.2, 0.25) is 5.88 Å². The number of imide groups is 1. The first-order valence-corrected chi connectivity index (χ1v) is 15.5. The molecule has 11 heteroatoms. The summed E-state index contributed by atoms with van der Waals surface area (Å²) < 4.78 is 52.9.